The van der Waals surface area contributed by atoms with Crippen molar-refractivity contribution in [3.8, 4) is 0 Å². The zero-order valence-corrected chi connectivity index (χ0v) is 16.6. The topological polar surface area (TPSA) is 69.7 Å². The van der Waals surface area contributed by atoms with Gasteiger partial charge in [0.25, 0.3) is 5.91 Å². The number of anilines is 1. The van der Waals surface area contributed by atoms with Gasteiger partial charge in [-0.3, -0.25) is 14.4 Å². The van der Waals surface area contributed by atoms with E-state index in [0.717, 1.165) is 36.1 Å². The van der Waals surface area contributed by atoms with Gasteiger partial charge in [-0.05, 0) is 56.0 Å². The highest BCUT2D eigenvalue weighted by Crippen LogP contribution is 2.24. The Balaban J connectivity index is 1.40. The van der Waals surface area contributed by atoms with Crippen LogP contribution in [0.4, 0.5) is 5.69 Å². The van der Waals surface area contributed by atoms with Gasteiger partial charge in [0, 0.05) is 24.3 Å². The van der Waals surface area contributed by atoms with Crippen LogP contribution in [0.5, 0.6) is 0 Å². The van der Waals surface area contributed by atoms with E-state index < -0.39 is 0 Å². The molecule has 1 N–H and O–H groups in total. The number of hydrogen-bond donors (Lipinski definition) is 1. The number of carbonyl (C=O) groups is 3. The van der Waals surface area contributed by atoms with E-state index in [-0.39, 0.29) is 30.3 Å². The number of aryl methyl sites for hydroxylation is 1. The average molecular weight is 391 g/mol. The van der Waals surface area contributed by atoms with E-state index in [2.05, 4.69) is 5.32 Å². The van der Waals surface area contributed by atoms with Crippen LogP contribution >= 0.6 is 0 Å². The Morgan fingerprint density at radius 2 is 1.76 bits per heavy atom. The number of piperazine rings is 1. The van der Waals surface area contributed by atoms with Crippen LogP contribution in [0.25, 0.3) is 0 Å². The van der Waals surface area contributed by atoms with Crippen LogP contribution < -0.4 is 5.32 Å². The highest BCUT2D eigenvalue weighted by atomic mass is 16.2. The molecule has 0 spiro atoms. The number of hydrogen-bond acceptors (Lipinski definition) is 3. The molecule has 4 rings (SSSR count). The molecule has 0 saturated carbocycles. The van der Waals surface area contributed by atoms with Gasteiger partial charge in [-0.25, -0.2) is 0 Å². The molecule has 1 unspecified atom stereocenters. The third-order valence-electron chi connectivity index (χ3n) is 5.64. The third-order valence-corrected chi connectivity index (χ3v) is 5.64. The summed E-state index contributed by atoms with van der Waals surface area (Å²) < 4.78 is 0. The minimum absolute atomic E-state index is 0.0309. The highest BCUT2D eigenvalue weighted by molar-refractivity contribution is 6.04. The lowest BCUT2D eigenvalue weighted by Gasteiger charge is -2.42. The summed E-state index contributed by atoms with van der Waals surface area (Å²) in [6.45, 7) is 3.20. The molecule has 0 bridgehead atoms. The van der Waals surface area contributed by atoms with Crippen LogP contribution in [-0.4, -0.2) is 46.7 Å². The molecule has 2 fully saturated rings. The maximum atomic E-state index is 12.8. The van der Waals surface area contributed by atoms with Gasteiger partial charge in [-0.15, -0.1) is 0 Å². The monoisotopic (exact) mass is 391 g/mol. The summed E-state index contributed by atoms with van der Waals surface area (Å²) in [7, 11) is 0. The van der Waals surface area contributed by atoms with E-state index in [1.54, 1.807) is 21.9 Å². The number of nitrogens with one attached hydrogen (secondary N) is 1. The molecular formula is C23H25N3O3. The average Bonchev–Trinajstić information content (AvgIpc) is 2.74. The van der Waals surface area contributed by atoms with E-state index in [1.807, 2.05) is 43.3 Å². The second-order valence-electron chi connectivity index (χ2n) is 7.81. The standard InChI is InChI=1S/C23H25N3O3/c1-16-5-11-19(12-6-16)24-22(28)18-9-7-17(8-10-18)14-25-15-21(27)26-13-3-2-4-20(26)23(25)29/h5-12,20H,2-4,13-15H2,1H3,(H,24,28). The maximum Gasteiger partial charge on any atom is 0.255 e. The zero-order valence-electron chi connectivity index (χ0n) is 16.6. The van der Waals surface area contributed by atoms with Crippen molar-refractivity contribution < 1.29 is 14.4 Å². The fourth-order valence-electron chi connectivity index (χ4n) is 3.99. The lowest BCUT2D eigenvalue weighted by atomic mass is 9.98. The van der Waals surface area contributed by atoms with Crippen molar-refractivity contribution >= 4 is 23.4 Å². The van der Waals surface area contributed by atoms with Crippen molar-refractivity contribution in [1.29, 1.82) is 0 Å². The van der Waals surface area contributed by atoms with E-state index >= 15 is 0 Å². The quantitative estimate of drug-likeness (QED) is 0.871. The van der Waals surface area contributed by atoms with Crippen LogP contribution in [0.3, 0.4) is 0 Å². The molecule has 2 aliphatic heterocycles. The summed E-state index contributed by atoms with van der Waals surface area (Å²) in [5, 5.41) is 2.88. The number of carbonyl (C=O) groups excluding carboxylic acids is 3. The van der Waals surface area contributed by atoms with Crippen molar-refractivity contribution in [2.24, 2.45) is 0 Å². The first-order valence-corrected chi connectivity index (χ1v) is 10.1. The van der Waals surface area contributed by atoms with Crippen molar-refractivity contribution in [1.82, 2.24) is 9.80 Å². The molecule has 2 aliphatic rings. The van der Waals surface area contributed by atoms with Gasteiger partial charge in [-0.2, -0.15) is 0 Å². The minimum Gasteiger partial charge on any atom is -0.329 e. The molecule has 0 aromatic heterocycles. The van der Waals surface area contributed by atoms with Gasteiger partial charge in [-0.1, -0.05) is 29.8 Å². The van der Waals surface area contributed by atoms with Crippen LogP contribution in [0.15, 0.2) is 48.5 Å². The Hall–Kier alpha value is -3.15. The second kappa shape index (κ2) is 8.07. The maximum absolute atomic E-state index is 12.8. The van der Waals surface area contributed by atoms with Crippen LogP contribution in [-0.2, 0) is 16.1 Å². The summed E-state index contributed by atoms with van der Waals surface area (Å²) in [5.74, 6) is -0.114. The van der Waals surface area contributed by atoms with Gasteiger partial charge in [0.05, 0.1) is 0 Å². The Kier molecular flexibility index (Phi) is 5.34. The molecule has 3 amide bonds. The minimum atomic E-state index is -0.301. The largest absolute Gasteiger partial charge is 0.329 e. The van der Waals surface area contributed by atoms with Gasteiger partial charge in [0.15, 0.2) is 0 Å². The SMILES string of the molecule is Cc1ccc(NC(=O)c2ccc(CN3CC(=O)N4CCCCC4C3=O)cc2)cc1. The van der Waals surface area contributed by atoms with Gasteiger partial charge < -0.3 is 15.1 Å². The molecule has 2 heterocycles. The van der Waals surface area contributed by atoms with E-state index in [0.29, 0.717) is 18.7 Å². The third kappa shape index (κ3) is 4.16. The smallest absolute Gasteiger partial charge is 0.255 e. The zero-order chi connectivity index (χ0) is 20.4. The molecule has 1 atom stereocenters. The Morgan fingerprint density at radius 1 is 1.03 bits per heavy atom. The molecule has 2 saturated heterocycles. The Bertz CT molecular complexity index is 921. The summed E-state index contributed by atoms with van der Waals surface area (Å²) in [6.07, 6.45) is 2.71. The number of piperidine rings is 1. The van der Waals surface area contributed by atoms with Gasteiger partial charge in [0.2, 0.25) is 11.8 Å². The molecular weight excluding hydrogens is 366 g/mol. The summed E-state index contributed by atoms with van der Waals surface area (Å²) in [4.78, 5) is 41.0. The van der Waals surface area contributed by atoms with Crippen LogP contribution in [0.2, 0.25) is 0 Å². The number of fused-ring (bicyclic) bond motifs is 1. The van der Waals surface area contributed by atoms with Crippen molar-refractivity contribution in [3.63, 3.8) is 0 Å². The molecule has 2 aromatic carbocycles. The van der Waals surface area contributed by atoms with E-state index in [4.69, 9.17) is 0 Å². The van der Waals surface area contributed by atoms with Crippen molar-refractivity contribution in [3.05, 3.63) is 65.2 Å². The second-order valence-corrected chi connectivity index (χ2v) is 7.81. The first kappa shape index (κ1) is 19.2. The summed E-state index contributed by atoms with van der Waals surface area (Å²) in [6, 6.07) is 14.5. The Morgan fingerprint density at radius 3 is 2.48 bits per heavy atom. The molecule has 29 heavy (non-hydrogen) atoms. The van der Waals surface area contributed by atoms with Crippen LogP contribution in [0, 0.1) is 6.92 Å². The lowest BCUT2D eigenvalue weighted by Crippen LogP contribution is -2.60. The summed E-state index contributed by atoms with van der Waals surface area (Å²) in [5.41, 5.74) is 3.34. The van der Waals surface area contributed by atoms with Crippen molar-refractivity contribution in [2.45, 2.75) is 38.8 Å². The van der Waals surface area contributed by atoms with Crippen molar-refractivity contribution in [2.75, 3.05) is 18.4 Å². The fourth-order valence-corrected chi connectivity index (χ4v) is 3.99. The van der Waals surface area contributed by atoms with Gasteiger partial charge >= 0.3 is 0 Å². The number of benzene rings is 2. The first-order chi connectivity index (χ1) is 14.0. The van der Waals surface area contributed by atoms with Crippen LogP contribution in [0.1, 0.15) is 40.7 Å². The predicted molar refractivity (Wildman–Crippen MR) is 110 cm³/mol. The lowest BCUT2D eigenvalue weighted by molar-refractivity contribution is -0.158. The number of amides is 3. The van der Waals surface area contributed by atoms with E-state index in [1.165, 1.54) is 0 Å². The van der Waals surface area contributed by atoms with E-state index in [9.17, 15) is 14.4 Å². The molecule has 6 heteroatoms. The fraction of sp³-hybridized carbons (Fsp3) is 0.348. The highest BCUT2D eigenvalue weighted by Gasteiger charge is 2.40. The number of rotatable bonds is 4. The predicted octanol–water partition coefficient (Wildman–Crippen LogP) is 2.97. The molecule has 150 valence electrons. The Labute approximate surface area is 170 Å². The first-order valence-electron chi connectivity index (χ1n) is 10.1. The molecule has 0 radical (unpaired) electrons. The number of nitrogens with zero attached hydrogens (tertiary/aromatic N) is 2. The summed E-state index contributed by atoms with van der Waals surface area (Å²) >= 11 is 0. The molecule has 2 aromatic rings. The normalized spacial score (nSPS) is 19.1. The molecule has 0 aliphatic carbocycles. The van der Waals surface area contributed by atoms with Gasteiger partial charge in [0.1, 0.15) is 12.6 Å². The molecule has 6 nitrogen and oxygen atoms in total.